The first-order valence-corrected chi connectivity index (χ1v) is 6.35. The van der Waals surface area contributed by atoms with Crippen LogP contribution in [0.2, 0.25) is 0 Å². The van der Waals surface area contributed by atoms with Crippen molar-refractivity contribution in [1.29, 1.82) is 0 Å². The molecule has 0 radical (unpaired) electrons. The monoisotopic (exact) mass is 279 g/mol. The molecule has 1 aromatic carbocycles. The van der Waals surface area contributed by atoms with E-state index in [4.69, 9.17) is 0 Å². The van der Waals surface area contributed by atoms with Crippen LogP contribution in [-0.2, 0) is 0 Å². The maximum atomic E-state index is 4.12. The lowest BCUT2D eigenvalue weighted by Crippen LogP contribution is -2.30. The van der Waals surface area contributed by atoms with Crippen LogP contribution in [0.5, 0.6) is 0 Å². The second kappa shape index (κ2) is 4.78. The fourth-order valence-corrected chi connectivity index (χ4v) is 2.05. The molecular weight excluding hydrogens is 266 g/mol. The highest BCUT2D eigenvalue weighted by Gasteiger charge is 2.12. The lowest BCUT2D eigenvalue weighted by Gasteiger charge is -2.25. The van der Waals surface area contributed by atoms with Crippen molar-refractivity contribution < 1.29 is 0 Å². The third-order valence-corrected chi connectivity index (χ3v) is 3.73. The van der Waals surface area contributed by atoms with Crippen molar-refractivity contribution in [2.24, 2.45) is 0 Å². The van der Waals surface area contributed by atoms with Gasteiger partial charge < -0.3 is 4.90 Å². The van der Waals surface area contributed by atoms with Gasteiger partial charge in [-0.15, -0.1) is 0 Å². The molecule has 84 valence electrons. The van der Waals surface area contributed by atoms with E-state index in [-0.39, 0.29) is 0 Å². The van der Waals surface area contributed by atoms with Gasteiger partial charge in [0.1, 0.15) is 0 Å². The van der Waals surface area contributed by atoms with E-state index in [1.165, 1.54) is 0 Å². The Balaban J connectivity index is 2.52. The van der Waals surface area contributed by atoms with E-state index in [1.807, 2.05) is 24.4 Å². The molecule has 0 saturated carbocycles. The zero-order valence-electron chi connectivity index (χ0n) is 9.39. The molecule has 0 amide bonds. The number of halogens is 1. The number of fused-ring (bicyclic) bond motifs is 1. The summed E-state index contributed by atoms with van der Waals surface area (Å²) in [7, 11) is 2.08. The van der Waals surface area contributed by atoms with Gasteiger partial charge >= 0.3 is 0 Å². The Kier molecular flexibility index (Phi) is 3.39. The van der Waals surface area contributed by atoms with Crippen molar-refractivity contribution in [2.45, 2.75) is 13.0 Å². The summed E-state index contributed by atoms with van der Waals surface area (Å²) in [5.74, 6) is 0. The quantitative estimate of drug-likeness (QED) is 0.809. The fraction of sp³-hybridized carbons (Fsp3) is 0.333. The molecule has 1 atom stereocenters. The zero-order chi connectivity index (χ0) is 11.5. The summed E-state index contributed by atoms with van der Waals surface area (Å²) in [5, 5.41) is 10.2. The second-order valence-electron chi connectivity index (χ2n) is 3.86. The van der Waals surface area contributed by atoms with Crippen LogP contribution in [0.1, 0.15) is 6.92 Å². The summed E-state index contributed by atoms with van der Waals surface area (Å²) in [6.45, 7) is 2.17. The average Bonchev–Trinajstić information content (AvgIpc) is 2.36. The molecule has 3 nitrogen and oxygen atoms in total. The van der Waals surface area contributed by atoms with Crippen LogP contribution in [0.4, 0.5) is 5.69 Å². The van der Waals surface area contributed by atoms with Crippen LogP contribution in [-0.4, -0.2) is 28.6 Å². The second-order valence-corrected chi connectivity index (χ2v) is 4.51. The first-order valence-electron chi connectivity index (χ1n) is 5.23. The van der Waals surface area contributed by atoms with Crippen LogP contribution in [0.3, 0.4) is 0 Å². The van der Waals surface area contributed by atoms with Gasteiger partial charge in [0.25, 0.3) is 0 Å². The smallest absolute Gasteiger partial charge is 0.0950 e. The topological polar surface area (TPSA) is 29.0 Å². The SMILES string of the molecule is CC(CBr)N(C)c1cnnc2ccccc12. The number of anilines is 1. The Morgan fingerprint density at radius 1 is 1.38 bits per heavy atom. The molecule has 1 heterocycles. The molecule has 0 aliphatic rings. The highest BCUT2D eigenvalue weighted by Crippen LogP contribution is 2.24. The van der Waals surface area contributed by atoms with Gasteiger partial charge in [0.2, 0.25) is 0 Å². The van der Waals surface area contributed by atoms with Gasteiger partial charge in [-0.3, -0.25) is 0 Å². The molecule has 2 aromatic rings. The predicted octanol–water partition coefficient (Wildman–Crippen LogP) is 2.85. The molecule has 1 aromatic heterocycles. The molecule has 0 saturated heterocycles. The van der Waals surface area contributed by atoms with Crippen LogP contribution >= 0.6 is 15.9 Å². The van der Waals surface area contributed by atoms with Gasteiger partial charge in [-0.25, -0.2) is 0 Å². The zero-order valence-corrected chi connectivity index (χ0v) is 11.0. The molecule has 16 heavy (non-hydrogen) atoms. The van der Waals surface area contributed by atoms with Crippen molar-refractivity contribution in [3.8, 4) is 0 Å². The van der Waals surface area contributed by atoms with Crippen molar-refractivity contribution in [2.75, 3.05) is 17.3 Å². The van der Waals surface area contributed by atoms with E-state index in [9.17, 15) is 0 Å². The van der Waals surface area contributed by atoms with E-state index in [0.29, 0.717) is 6.04 Å². The van der Waals surface area contributed by atoms with Crippen LogP contribution in [0.15, 0.2) is 30.5 Å². The Morgan fingerprint density at radius 3 is 2.88 bits per heavy atom. The minimum atomic E-state index is 0.424. The molecule has 4 heteroatoms. The summed E-state index contributed by atoms with van der Waals surface area (Å²) in [6.07, 6.45) is 1.82. The largest absolute Gasteiger partial charge is 0.369 e. The minimum Gasteiger partial charge on any atom is -0.369 e. The van der Waals surface area contributed by atoms with E-state index in [0.717, 1.165) is 21.9 Å². The number of aromatic nitrogens is 2. The normalized spacial score (nSPS) is 12.7. The predicted molar refractivity (Wildman–Crippen MR) is 71.2 cm³/mol. The van der Waals surface area contributed by atoms with Gasteiger partial charge in [0, 0.05) is 23.8 Å². The molecule has 1 unspecified atom stereocenters. The molecule has 0 bridgehead atoms. The third-order valence-electron chi connectivity index (χ3n) is 2.79. The number of nitrogens with zero attached hydrogens (tertiary/aromatic N) is 3. The Bertz CT molecular complexity index is 481. The van der Waals surface area contributed by atoms with Crippen molar-refractivity contribution in [3.05, 3.63) is 30.5 Å². The first-order chi connectivity index (χ1) is 7.74. The molecule has 0 spiro atoms. The van der Waals surface area contributed by atoms with Crippen LogP contribution in [0.25, 0.3) is 10.9 Å². The molecule has 0 N–H and O–H groups in total. The van der Waals surface area contributed by atoms with Crippen molar-refractivity contribution in [1.82, 2.24) is 10.2 Å². The van der Waals surface area contributed by atoms with E-state index in [1.54, 1.807) is 0 Å². The van der Waals surface area contributed by atoms with Crippen molar-refractivity contribution >= 4 is 32.5 Å². The molecule has 0 aliphatic carbocycles. The number of rotatable bonds is 3. The maximum Gasteiger partial charge on any atom is 0.0950 e. The third kappa shape index (κ3) is 2.02. The van der Waals surface area contributed by atoms with E-state index in [2.05, 4.69) is 51.1 Å². The summed E-state index contributed by atoms with van der Waals surface area (Å²) >= 11 is 3.50. The summed E-state index contributed by atoms with van der Waals surface area (Å²) < 4.78 is 0. The molecule has 0 fully saturated rings. The standard InChI is InChI=1S/C12H14BrN3/c1-9(7-13)16(2)12-8-14-15-11-6-4-3-5-10(11)12/h3-6,8-9H,7H2,1-2H3. The number of hydrogen-bond acceptors (Lipinski definition) is 3. The highest BCUT2D eigenvalue weighted by molar-refractivity contribution is 9.09. The van der Waals surface area contributed by atoms with E-state index >= 15 is 0 Å². The van der Waals surface area contributed by atoms with Gasteiger partial charge in [-0.05, 0) is 13.0 Å². The first kappa shape index (κ1) is 11.3. The van der Waals surface area contributed by atoms with Gasteiger partial charge in [0.05, 0.1) is 17.4 Å². The maximum absolute atomic E-state index is 4.12. The minimum absolute atomic E-state index is 0.424. The number of benzene rings is 1. The molecular formula is C12H14BrN3. The van der Waals surface area contributed by atoms with Gasteiger partial charge in [0.15, 0.2) is 0 Å². The summed E-state index contributed by atoms with van der Waals surface area (Å²) in [4.78, 5) is 2.21. The molecule has 0 aliphatic heterocycles. The summed E-state index contributed by atoms with van der Waals surface area (Å²) in [6, 6.07) is 8.50. The van der Waals surface area contributed by atoms with Crippen molar-refractivity contribution in [3.63, 3.8) is 0 Å². The Morgan fingerprint density at radius 2 is 2.12 bits per heavy atom. The van der Waals surface area contributed by atoms with Crippen LogP contribution in [0, 0.1) is 0 Å². The highest BCUT2D eigenvalue weighted by atomic mass is 79.9. The van der Waals surface area contributed by atoms with Gasteiger partial charge in [-0.2, -0.15) is 10.2 Å². The van der Waals surface area contributed by atoms with E-state index < -0.39 is 0 Å². The summed E-state index contributed by atoms with van der Waals surface area (Å²) in [5.41, 5.74) is 2.06. The lowest BCUT2D eigenvalue weighted by atomic mass is 10.2. The lowest BCUT2D eigenvalue weighted by molar-refractivity contribution is 0.768. The average molecular weight is 280 g/mol. The Labute approximate surface area is 104 Å². The molecule has 2 rings (SSSR count). The fourth-order valence-electron chi connectivity index (χ4n) is 1.61. The Hall–Kier alpha value is -1.16. The van der Waals surface area contributed by atoms with Crippen LogP contribution < -0.4 is 4.90 Å². The number of hydrogen-bond donors (Lipinski definition) is 0. The van der Waals surface area contributed by atoms with Gasteiger partial charge in [-0.1, -0.05) is 34.1 Å². The number of alkyl halides is 1.